The molecule has 0 aromatic carbocycles. The lowest BCUT2D eigenvalue weighted by Crippen LogP contribution is -2.25. The van der Waals surface area contributed by atoms with Gasteiger partial charge < -0.3 is 5.32 Å². The van der Waals surface area contributed by atoms with Crippen LogP contribution in [0.1, 0.15) is 62.3 Å². The van der Waals surface area contributed by atoms with Crippen LogP contribution in [0.4, 0.5) is 0 Å². The predicted octanol–water partition coefficient (Wildman–Crippen LogP) is 2.36. The average Bonchev–Trinajstić information content (AvgIpc) is 3.05. The highest BCUT2D eigenvalue weighted by atomic mass is 32.1. The van der Waals surface area contributed by atoms with E-state index in [0.29, 0.717) is 5.92 Å². The molecule has 7 heteroatoms. The minimum absolute atomic E-state index is 0.0685. The Balaban J connectivity index is 2.40. The zero-order valence-corrected chi connectivity index (χ0v) is 13.3. The van der Waals surface area contributed by atoms with Gasteiger partial charge in [-0.2, -0.15) is 0 Å². The van der Waals surface area contributed by atoms with Gasteiger partial charge in [0, 0.05) is 6.54 Å². The van der Waals surface area contributed by atoms with Crippen LogP contribution in [0.2, 0.25) is 0 Å². The van der Waals surface area contributed by atoms with E-state index >= 15 is 0 Å². The van der Waals surface area contributed by atoms with Crippen molar-refractivity contribution in [1.29, 1.82) is 0 Å². The number of aromatic nitrogens is 5. The van der Waals surface area contributed by atoms with E-state index in [0.717, 1.165) is 30.9 Å². The number of nitrogens with zero attached hydrogens (tertiary/aromatic N) is 5. The second-order valence-corrected chi connectivity index (χ2v) is 5.84. The Hall–Kier alpha value is -1.34. The van der Waals surface area contributed by atoms with Gasteiger partial charge >= 0.3 is 0 Å². The topological polar surface area (TPSA) is 68.5 Å². The third-order valence-electron chi connectivity index (χ3n) is 3.14. The predicted molar refractivity (Wildman–Crippen MR) is 79.8 cm³/mol. The fourth-order valence-electron chi connectivity index (χ4n) is 2.22. The van der Waals surface area contributed by atoms with E-state index in [2.05, 4.69) is 52.9 Å². The summed E-state index contributed by atoms with van der Waals surface area (Å²) in [6.07, 6.45) is 2.87. The second-order valence-electron chi connectivity index (χ2n) is 5.05. The second kappa shape index (κ2) is 6.90. The van der Waals surface area contributed by atoms with Gasteiger partial charge in [0.1, 0.15) is 0 Å². The monoisotopic (exact) mass is 294 g/mol. The highest BCUT2D eigenvalue weighted by molar-refractivity contribution is 7.05. The summed E-state index contributed by atoms with van der Waals surface area (Å²) >= 11 is 1.46. The fourth-order valence-corrected chi connectivity index (χ4v) is 3.11. The summed E-state index contributed by atoms with van der Waals surface area (Å²) < 4.78 is 6.10. The van der Waals surface area contributed by atoms with E-state index in [1.54, 1.807) is 0 Å². The molecule has 0 aliphatic heterocycles. The molecule has 110 valence electrons. The molecule has 0 fully saturated rings. The molecule has 0 bridgehead atoms. The Labute approximate surface area is 123 Å². The smallest absolute Gasteiger partial charge is 0.0893 e. The Kier molecular flexibility index (Phi) is 5.19. The molecule has 0 amide bonds. The van der Waals surface area contributed by atoms with Gasteiger partial charge in [-0.25, -0.2) is 4.68 Å². The van der Waals surface area contributed by atoms with E-state index in [1.165, 1.54) is 16.4 Å². The number of hydrogen-bond donors (Lipinski definition) is 1. The Morgan fingerprint density at radius 1 is 1.35 bits per heavy atom. The van der Waals surface area contributed by atoms with Crippen LogP contribution in [-0.4, -0.2) is 31.1 Å². The molecular formula is C13H22N6S. The third-order valence-corrected chi connectivity index (χ3v) is 3.94. The van der Waals surface area contributed by atoms with Gasteiger partial charge in [0.25, 0.3) is 0 Å². The summed E-state index contributed by atoms with van der Waals surface area (Å²) in [5.41, 5.74) is 2.15. The van der Waals surface area contributed by atoms with Crippen molar-refractivity contribution < 1.29 is 0 Å². The van der Waals surface area contributed by atoms with E-state index in [9.17, 15) is 0 Å². The molecule has 0 saturated carbocycles. The van der Waals surface area contributed by atoms with Gasteiger partial charge in [-0.05, 0) is 30.4 Å². The zero-order valence-electron chi connectivity index (χ0n) is 12.5. The van der Waals surface area contributed by atoms with E-state index in [4.69, 9.17) is 0 Å². The summed E-state index contributed by atoms with van der Waals surface area (Å²) in [7, 11) is 0. The molecule has 20 heavy (non-hydrogen) atoms. The lowest BCUT2D eigenvalue weighted by Gasteiger charge is -2.18. The van der Waals surface area contributed by atoms with E-state index in [1.807, 2.05) is 10.9 Å². The Morgan fingerprint density at radius 2 is 2.15 bits per heavy atom. The van der Waals surface area contributed by atoms with Crippen LogP contribution in [0.15, 0.2) is 6.20 Å². The van der Waals surface area contributed by atoms with Crippen molar-refractivity contribution in [2.24, 2.45) is 0 Å². The molecule has 1 N–H and O–H groups in total. The third kappa shape index (κ3) is 3.04. The Morgan fingerprint density at radius 3 is 2.80 bits per heavy atom. The van der Waals surface area contributed by atoms with E-state index in [-0.39, 0.29) is 6.04 Å². The molecule has 2 heterocycles. The number of nitrogens with one attached hydrogen (secondary N) is 1. The van der Waals surface area contributed by atoms with Gasteiger partial charge in [-0.1, -0.05) is 37.4 Å². The Bertz CT molecular complexity index is 532. The van der Waals surface area contributed by atoms with Crippen molar-refractivity contribution in [2.75, 3.05) is 6.54 Å². The molecule has 1 unspecified atom stereocenters. The van der Waals surface area contributed by atoms with Gasteiger partial charge in [-0.3, -0.25) is 0 Å². The largest absolute Gasteiger partial charge is 0.304 e. The molecule has 1 atom stereocenters. The van der Waals surface area contributed by atoms with Crippen LogP contribution in [0.25, 0.3) is 0 Å². The van der Waals surface area contributed by atoms with Crippen LogP contribution in [0, 0.1) is 0 Å². The van der Waals surface area contributed by atoms with Gasteiger partial charge in [0.15, 0.2) is 0 Å². The summed E-state index contributed by atoms with van der Waals surface area (Å²) in [6, 6.07) is 0.0685. The molecule has 2 aromatic rings. The first-order valence-corrected chi connectivity index (χ1v) is 7.90. The maximum atomic E-state index is 4.28. The number of hydrogen-bond acceptors (Lipinski definition) is 6. The quantitative estimate of drug-likeness (QED) is 0.849. The van der Waals surface area contributed by atoms with Crippen molar-refractivity contribution in [1.82, 2.24) is 29.9 Å². The van der Waals surface area contributed by atoms with Crippen molar-refractivity contribution in [3.63, 3.8) is 0 Å². The SMILES string of the molecule is CCCn1nncc1C(NCC)c1snnc1C(C)C. The molecular weight excluding hydrogens is 272 g/mol. The van der Waals surface area contributed by atoms with Crippen LogP contribution < -0.4 is 5.32 Å². The highest BCUT2D eigenvalue weighted by Gasteiger charge is 2.25. The molecule has 0 aliphatic carbocycles. The lowest BCUT2D eigenvalue weighted by molar-refractivity contribution is 0.512. The molecule has 2 rings (SSSR count). The highest BCUT2D eigenvalue weighted by Crippen LogP contribution is 2.30. The van der Waals surface area contributed by atoms with Crippen LogP contribution in [0.5, 0.6) is 0 Å². The van der Waals surface area contributed by atoms with Crippen molar-refractivity contribution >= 4 is 11.5 Å². The first-order valence-electron chi connectivity index (χ1n) is 7.12. The molecule has 2 aromatic heterocycles. The molecule has 6 nitrogen and oxygen atoms in total. The van der Waals surface area contributed by atoms with Gasteiger partial charge in [-0.15, -0.1) is 10.2 Å². The standard InChI is InChI=1S/C13H22N6S/c1-5-7-19-10(8-15-17-19)12(14-6-2)13-11(9(3)4)16-18-20-13/h8-9,12,14H,5-7H2,1-4H3. The average molecular weight is 294 g/mol. The maximum absolute atomic E-state index is 4.28. The lowest BCUT2D eigenvalue weighted by atomic mass is 10.0. The minimum atomic E-state index is 0.0685. The zero-order chi connectivity index (χ0) is 14.5. The first-order chi connectivity index (χ1) is 9.69. The van der Waals surface area contributed by atoms with Crippen LogP contribution in [0.3, 0.4) is 0 Å². The normalized spacial score (nSPS) is 13.1. The number of rotatable bonds is 7. The minimum Gasteiger partial charge on any atom is -0.304 e. The van der Waals surface area contributed by atoms with Crippen LogP contribution in [-0.2, 0) is 6.54 Å². The van der Waals surface area contributed by atoms with Gasteiger partial charge in [0.2, 0.25) is 0 Å². The van der Waals surface area contributed by atoms with Crippen molar-refractivity contribution in [2.45, 2.75) is 52.6 Å². The maximum Gasteiger partial charge on any atom is 0.0893 e. The summed E-state index contributed by atoms with van der Waals surface area (Å²) in [5.74, 6) is 0.361. The summed E-state index contributed by atoms with van der Waals surface area (Å²) in [6.45, 7) is 10.3. The molecule has 0 aliphatic rings. The summed E-state index contributed by atoms with van der Waals surface area (Å²) in [5, 5.41) is 16.0. The summed E-state index contributed by atoms with van der Waals surface area (Å²) in [4.78, 5) is 1.17. The van der Waals surface area contributed by atoms with Crippen molar-refractivity contribution in [3.05, 3.63) is 22.5 Å². The molecule has 0 saturated heterocycles. The van der Waals surface area contributed by atoms with Gasteiger partial charge in [0.05, 0.1) is 28.5 Å². The first kappa shape index (κ1) is 15.1. The van der Waals surface area contributed by atoms with Crippen molar-refractivity contribution in [3.8, 4) is 0 Å². The van der Waals surface area contributed by atoms with Crippen LogP contribution >= 0.6 is 11.5 Å². The molecule has 0 spiro atoms. The van der Waals surface area contributed by atoms with E-state index < -0.39 is 0 Å². The fraction of sp³-hybridized carbons (Fsp3) is 0.692. The molecule has 0 radical (unpaired) electrons. The number of aryl methyl sites for hydroxylation is 1.